The molecule has 2 aliphatic rings. The Hall–Kier alpha value is -2.62. The fourth-order valence-corrected chi connectivity index (χ4v) is 4.28. The number of nitrogens with one attached hydrogen (secondary N) is 2. The van der Waals surface area contributed by atoms with E-state index in [4.69, 9.17) is 0 Å². The Labute approximate surface area is 160 Å². The number of amides is 1. The molecule has 140 valence electrons. The number of allylic oxidation sites excluding steroid dienone is 2. The molecule has 0 aromatic heterocycles. The van der Waals surface area contributed by atoms with E-state index in [0.29, 0.717) is 12.5 Å². The Kier molecular flexibility index (Phi) is 4.97. The van der Waals surface area contributed by atoms with Gasteiger partial charge in [0.1, 0.15) is 0 Å². The molecule has 0 atom stereocenters. The van der Waals surface area contributed by atoms with Crippen molar-refractivity contribution in [2.75, 3.05) is 5.32 Å². The first-order chi connectivity index (χ1) is 13.1. The van der Waals surface area contributed by atoms with Crippen LogP contribution >= 0.6 is 0 Å². The Bertz CT molecular complexity index is 902. The van der Waals surface area contributed by atoms with Crippen LogP contribution < -0.4 is 10.6 Å². The number of benzene rings is 2. The van der Waals surface area contributed by atoms with Gasteiger partial charge >= 0.3 is 0 Å². The van der Waals surface area contributed by atoms with Gasteiger partial charge in [0.25, 0.3) is 0 Å². The second-order valence-corrected chi connectivity index (χ2v) is 7.74. The second kappa shape index (κ2) is 7.55. The van der Waals surface area contributed by atoms with Crippen molar-refractivity contribution in [2.24, 2.45) is 5.92 Å². The van der Waals surface area contributed by atoms with Crippen molar-refractivity contribution in [3.63, 3.8) is 0 Å². The first-order valence-corrected chi connectivity index (χ1v) is 9.90. The molecule has 0 aliphatic heterocycles. The lowest BCUT2D eigenvalue weighted by atomic mass is 9.85. The number of carbonyl (C=O) groups is 2. The molecule has 0 bridgehead atoms. The molecule has 27 heavy (non-hydrogen) atoms. The number of carbonyl (C=O) groups excluding carboxylic acids is 2. The molecular formula is C23H26N2O2. The highest BCUT2D eigenvalue weighted by Crippen LogP contribution is 2.30. The molecule has 4 heteroatoms. The van der Waals surface area contributed by atoms with Crippen molar-refractivity contribution in [3.8, 4) is 0 Å². The number of anilines is 1. The van der Waals surface area contributed by atoms with E-state index in [9.17, 15) is 9.59 Å². The van der Waals surface area contributed by atoms with Crippen LogP contribution in [-0.4, -0.2) is 17.7 Å². The van der Waals surface area contributed by atoms with Gasteiger partial charge in [-0.15, -0.1) is 0 Å². The van der Waals surface area contributed by atoms with Gasteiger partial charge in [-0.1, -0.05) is 36.4 Å². The number of ketones is 1. The van der Waals surface area contributed by atoms with Crippen molar-refractivity contribution in [1.82, 2.24) is 5.32 Å². The van der Waals surface area contributed by atoms with E-state index in [2.05, 4.69) is 22.8 Å². The Morgan fingerprint density at radius 2 is 1.70 bits per heavy atom. The minimum absolute atomic E-state index is 0.0577. The minimum atomic E-state index is 0.0577. The third kappa shape index (κ3) is 3.75. The van der Waals surface area contributed by atoms with Crippen LogP contribution in [0.2, 0.25) is 0 Å². The summed E-state index contributed by atoms with van der Waals surface area (Å²) >= 11 is 0. The van der Waals surface area contributed by atoms with Gasteiger partial charge in [-0.25, -0.2) is 0 Å². The van der Waals surface area contributed by atoms with Gasteiger partial charge in [-0.2, -0.15) is 0 Å². The zero-order valence-electron chi connectivity index (χ0n) is 15.8. The number of hydrogen-bond acceptors (Lipinski definition) is 3. The van der Waals surface area contributed by atoms with Gasteiger partial charge in [0, 0.05) is 40.7 Å². The van der Waals surface area contributed by atoms with Crippen molar-refractivity contribution in [2.45, 2.75) is 51.5 Å². The van der Waals surface area contributed by atoms with Crippen LogP contribution in [0.5, 0.6) is 0 Å². The third-order valence-electron chi connectivity index (χ3n) is 6.00. The number of fused-ring (bicyclic) bond motifs is 1. The summed E-state index contributed by atoms with van der Waals surface area (Å²) in [6.07, 6.45) is 5.18. The first kappa shape index (κ1) is 17.8. The van der Waals surface area contributed by atoms with E-state index in [0.717, 1.165) is 59.8 Å². The van der Waals surface area contributed by atoms with E-state index in [1.54, 1.807) is 0 Å². The molecule has 1 fully saturated rings. The molecule has 0 radical (unpaired) electrons. The molecule has 1 amide bonds. The molecule has 2 aromatic rings. The van der Waals surface area contributed by atoms with E-state index in [-0.39, 0.29) is 17.6 Å². The van der Waals surface area contributed by atoms with E-state index in [1.165, 1.54) is 0 Å². The fraction of sp³-hybridized carbons (Fsp3) is 0.391. The highest BCUT2D eigenvalue weighted by molar-refractivity contribution is 6.02. The van der Waals surface area contributed by atoms with E-state index < -0.39 is 0 Å². The van der Waals surface area contributed by atoms with Gasteiger partial charge in [0.2, 0.25) is 5.91 Å². The Morgan fingerprint density at radius 3 is 2.44 bits per heavy atom. The third-order valence-corrected chi connectivity index (χ3v) is 6.00. The summed E-state index contributed by atoms with van der Waals surface area (Å²) in [5.41, 5.74) is 2.90. The van der Waals surface area contributed by atoms with Crippen LogP contribution in [0.3, 0.4) is 0 Å². The van der Waals surface area contributed by atoms with Gasteiger partial charge in [0.15, 0.2) is 5.78 Å². The summed E-state index contributed by atoms with van der Waals surface area (Å²) in [5, 5.41) is 8.92. The average Bonchev–Trinajstić information content (AvgIpc) is 3.01. The molecule has 4 rings (SSSR count). The standard InChI is InChI=1S/C23H26N2O2/c1-15-20(13-14-22(15)26)24-18-11-9-17(10-12-18)23(27)25-21-8-4-6-16-5-2-3-7-19(16)21/h2-8,17-18,24H,9-14H2,1H3,(H,25,27)/t17-,18-. The number of Topliss-reactive ketones (excluding diaryl/α,β-unsaturated/α-hetero) is 1. The van der Waals surface area contributed by atoms with Crippen LogP contribution in [0, 0.1) is 5.92 Å². The SMILES string of the molecule is CC1=C(N[C@H]2CC[C@H](C(=O)Nc3cccc4ccccc34)CC2)CCC1=O. The fourth-order valence-electron chi connectivity index (χ4n) is 4.28. The quantitative estimate of drug-likeness (QED) is 0.838. The summed E-state index contributed by atoms with van der Waals surface area (Å²) < 4.78 is 0. The zero-order chi connectivity index (χ0) is 18.8. The smallest absolute Gasteiger partial charge is 0.227 e. The largest absolute Gasteiger partial charge is 0.385 e. The zero-order valence-corrected chi connectivity index (χ0v) is 15.8. The van der Waals surface area contributed by atoms with Crippen LogP contribution in [0.4, 0.5) is 5.69 Å². The Balaban J connectivity index is 1.35. The maximum absolute atomic E-state index is 12.8. The molecule has 4 nitrogen and oxygen atoms in total. The summed E-state index contributed by atoms with van der Waals surface area (Å²) in [6, 6.07) is 14.5. The van der Waals surface area contributed by atoms with Gasteiger partial charge in [0.05, 0.1) is 0 Å². The summed E-state index contributed by atoms with van der Waals surface area (Å²) in [4.78, 5) is 24.5. The maximum atomic E-state index is 12.8. The molecule has 0 heterocycles. The normalized spacial score (nSPS) is 22.9. The van der Waals surface area contributed by atoms with Crippen molar-refractivity contribution < 1.29 is 9.59 Å². The molecule has 1 saturated carbocycles. The predicted molar refractivity (Wildman–Crippen MR) is 108 cm³/mol. The molecule has 0 unspecified atom stereocenters. The number of rotatable bonds is 4. The number of hydrogen-bond donors (Lipinski definition) is 2. The highest BCUT2D eigenvalue weighted by atomic mass is 16.2. The summed E-state index contributed by atoms with van der Waals surface area (Å²) in [7, 11) is 0. The Morgan fingerprint density at radius 1 is 0.963 bits per heavy atom. The van der Waals surface area contributed by atoms with Gasteiger partial charge in [-0.05, 0) is 50.5 Å². The van der Waals surface area contributed by atoms with Crippen LogP contribution in [0.15, 0.2) is 53.7 Å². The molecule has 0 spiro atoms. The lowest BCUT2D eigenvalue weighted by Crippen LogP contribution is -2.36. The lowest BCUT2D eigenvalue weighted by Gasteiger charge is -2.29. The summed E-state index contributed by atoms with van der Waals surface area (Å²) in [6.45, 7) is 1.92. The van der Waals surface area contributed by atoms with Crippen LogP contribution in [0.1, 0.15) is 45.4 Å². The maximum Gasteiger partial charge on any atom is 0.227 e. The van der Waals surface area contributed by atoms with Crippen molar-refractivity contribution in [1.29, 1.82) is 0 Å². The van der Waals surface area contributed by atoms with Crippen molar-refractivity contribution in [3.05, 3.63) is 53.7 Å². The van der Waals surface area contributed by atoms with Crippen LogP contribution in [0.25, 0.3) is 10.8 Å². The predicted octanol–water partition coefficient (Wildman–Crippen LogP) is 4.56. The molecule has 2 aromatic carbocycles. The highest BCUT2D eigenvalue weighted by Gasteiger charge is 2.28. The van der Waals surface area contributed by atoms with Gasteiger partial charge < -0.3 is 10.6 Å². The van der Waals surface area contributed by atoms with Crippen molar-refractivity contribution >= 4 is 28.2 Å². The minimum Gasteiger partial charge on any atom is -0.385 e. The average molecular weight is 362 g/mol. The second-order valence-electron chi connectivity index (χ2n) is 7.74. The molecule has 2 aliphatic carbocycles. The molecule has 0 saturated heterocycles. The summed E-state index contributed by atoms with van der Waals surface area (Å²) in [5.74, 6) is 0.444. The topological polar surface area (TPSA) is 58.2 Å². The van der Waals surface area contributed by atoms with E-state index >= 15 is 0 Å². The van der Waals surface area contributed by atoms with Crippen LogP contribution in [-0.2, 0) is 9.59 Å². The lowest BCUT2D eigenvalue weighted by molar-refractivity contribution is -0.120. The van der Waals surface area contributed by atoms with E-state index in [1.807, 2.05) is 37.3 Å². The molecule has 2 N–H and O–H groups in total. The first-order valence-electron chi connectivity index (χ1n) is 9.90. The van der Waals surface area contributed by atoms with Gasteiger partial charge in [-0.3, -0.25) is 9.59 Å². The molecular weight excluding hydrogens is 336 g/mol. The monoisotopic (exact) mass is 362 g/mol.